The van der Waals surface area contributed by atoms with Crippen molar-refractivity contribution in [1.29, 1.82) is 0 Å². The van der Waals surface area contributed by atoms with Crippen LogP contribution in [0.1, 0.15) is 18.1 Å². The van der Waals surface area contributed by atoms with Crippen LogP contribution in [-0.4, -0.2) is 20.0 Å². The van der Waals surface area contributed by atoms with Crippen LogP contribution in [0.2, 0.25) is 0 Å². The van der Waals surface area contributed by atoms with Crippen molar-refractivity contribution in [1.82, 2.24) is 4.98 Å². The van der Waals surface area contributed by atoms with E-state index in [0.29, 0.717) is 17.7 Å². The highest BCUT2D eigenvalue weighted by Gasteiger charge is 2.28. The molecule has 0 bridgehead atoms. The number of nitrogens with zero attached hydrogens (tertiary/aromatic N) is 1. The minimum absolute atomic E-state index is 0.0637. The highest BCUT2D eigenvalue weighted by Crippen LogP contribution is 2.38. The van der Waals surface area contributed by atoms with Gasteiger partial charge in [-0.3, -0.25) is 4.72 Å². The monoisotopic (exact) mass is 442 g/mol. The fraction of sp³-hybridized carbons (Fsp3) is 0.167. The van der Waals surface area contributed by atoms with Crippen LogP contribution in [0.5, 0.6) is 11.5 Å². The highest BCUT2D eigenvalue weighted by molar-refractivity contribution is 7.93. The lowest BCUT2D eigenvalue weighted by Crippen LogP contribution is -2.20. The predicted molar refractivity (Wildman–Crippen MR) is 99.2 cm³/mol. The van der Waals surface area contributed by atoms with E-state index in [1.165, 1.54) is 24.4 Å². The predicted octanol–water partition coefficient (Wildman–Crippen LogP) is 4.26. The van der Waals surface area contributed by atoms with E-state index < -0.39 is 39.3 Å². The van der Waals surface area contributed by atoms with E-state index in [2.05, 4.69) is 9.71 Å². The number of sulfonamides is 1. The van der Waals surface area contributed by atoms with Gasteiger partial charge in [0.2, 0.25) is 0 Å². The lowest BCUT2D eigenvalue weighted by atomic mass is 10.0. The molecule has 1 aliphatic heterocycles. The second kappa shape index (κ2) is 7.56. The summed E-state index contributed by atoms with van der Waals surface area (Å²) in [5.41, 5.74) is 0.424. The maximum absolute atomic E-state index is 13.9. The van der Waals surface area contributed by atoms with Gasteiger partial charge in [-0.1, -0.05) is 6.07 Å². The van der Waals surface area contributed by atoms with E-state index in [-0.39, 0.29) is 28.8 Å². The molecule has 1 aliphatic rings. The van der Waals surface area contributed by atoms with Gasteiger partial charge >= 0.3 is 0 Å². The highest BCUT2D eigenvalue weighted by atomic mass is 32.2. The summed E-state index contributed by atoms with van der Waals surface area (Å²) in [6.45, 7) is 0.144. The fourth-order valence-corrected chi connectivity index (χ4v) is 4.66. The van der Waals surface area contributed by atoms with Crippen molar-refractivity contribution in [2.75, 3.05) is 11.3 Å². The summed E-state index contributed by atoms with van der Waals surface area (Å²) in [4.78, 5) is 3.81. The van der Waals surface area contributed by atoms with Crippen LogP contribution < -0.4 is 14.2 Å². The topological polar surface area (TPSA) is 77.5 Å². The zero-order valence-electron chi connectivity index (χ0n) is 14.6. The molecule has 6 nitrogen and oxygen atoms in total. The molecule has 0 fully saturated rings. The van der Waals surface area contributed by atoms with Gasteiger partial charge in [0.15, 0.2) is 22.5 Å². The summed E-state index contributed by atoms with van der Waals surface area (Å²) in [7, 11) is -3.90. The average molecular weight is 442 g/mol. The number of nitrogens with one attached hydrogen (secondary N) is 1. The number of thiazole rings is 1. The molecule has 1 aromatic heterocycles. The molecule has 0 saturated heterocycles. The molecule has 0 spiro atoms. The van der Waals surface area contributed by atoms with E-state index in [0.717, 1.165) is 11.3 Å². The number of fused-ring (bicyclic) bond motifs is 1. The van der Waals surface area contributed by atoms with Crippen molar-refractivity contribution < 1.29 is 31.1 Å². The van der Waals surface area contributed by atoms with Gasteiger partial charge in [-0.25, -0.2) is 26.6 Å². The maximum Gasteiger partial charge on any atom is 0.263 e. The number of rotatable bonds is 5. The molecular weight excluding hydrogens is 429 g/mol. The van der Waals surface area contributed by atoms with E-state index >= 15 is 0 Å². The Labute approximate surface area is 168 Å². The zero-order chi connectivity index (χ0) is 20.6. The molecule has 0 unspecified atom stereocenters. The van der Waals surface area contributed by atoms with Gasteiger partial charge in [0.25, 0.3) is 10.0 Å². The first kappa shape index (κ1) is 19.5. The molecule has 11 heteroatoms. The van der Waals surface area contributed by atoms with E-state index in [9.17, 15) is 21.6 Å². The number of ether oxygens (including phenoxy) is 2. The van der Waals surface area contributed by atoms with Crippen molar-refractivity contribution in [3.63, 3.8) is 0 Å². The molecule has 2 heterocycles. The van der Waals surface area contributed by atoms with Crippen LogP contribution in [-0.2, 0) is 10.0 Å². The molecule has 29 heavy (non-hydrogen) atoms. The third kappa shape index (κ3) is 4.01. The molecule has 0 saturated carbocycles. The summed E-state index contributed by atoms with van der Waals surface area (Å²) < 4.78 is 79.2. The lowest BCUT2D eigenvalue weighted by molar-refractivity contribution is 0.125. The summed E-state index contributed by atoms with van der Waals surface area (Å²) in [6.07, 6.45) is 0.942. The number of aromatic nitrogens is 1. The Morgan fingerprint density at radius 2 is 1.93 bits per heavy atom. The van der Waals surface area contributed by atoms with Gasteiger partial charge in [-0.2, -0.15) is 0 Å². The van der Waals surface area contributed by atoms with Crippen molar-refractivity contribution in [3.8, 4) is 11.5 Å². The number of hydrogen-bond donors (Lipinski definition) is 1. The molecule has 0 aliphatic carbocycles. The van der Waals surface area contributed by atoms with Crippen LogP contribution in [0.25, 0.3) is 0 Å². The number of halogens is 3. The Hall–Kier alpha value is -2.79. The summed E-state index contributed by atoms with van der Waals surface area (Å²) >= 11 is 1.13. The summed E-state index contributed by atoms with van der Waals surface area (Å²) in [5, 5.41) is 1.84. The van der Waals surface area contributed by atoms with Crippen molar-refractivity contribution in [2.24, 2.45) is 0 Å². The molecule has 0 amide bonds. The Bertz CT molecular complexity index is 1130. The molecule has 2 aromatic carbocycles. The van der Waals surface area contributed by atoms with Crippen molar-refractivity contribution in [3.05, 3.63) is 64.9 Å². The summed E-state index contributed by atoms with van der Waals surface area (Å²) in [6, 6.07) is 5.14. The Balaban J connectivity index is 1.62. The minimum Gasteiger partial charge on any atom is -0.493 e. The average Bonchev–Trinajstić information content (AvgIpc) is 3.16. The Morgan fingerprint density at radius 3 is 2.62 bits per heavy atom. The minimum atomic E-state index is -3.90. The molecule has 0 radical (unpaired) electrons. The van der Waals surface area contributed by atoms with Crippen LogP contribution >= 0.6 is 11.3 Å². The zero-order valence-corrected chi connectivity index (χ0v) is 16.2. The second-order valence-corrected chi connectivity index (χ2v) is 8.66. The first-order valence-electron chi connectivity index (χ1n) is 8.34. The van der Waals surface area contributed by atoms with E-state index in [1.807, 2.05) is 0 Å². The Kier molecular flexibility index (Phi) is 5.09. The summed E-state index contributed by atoms with van der Waals surface area (Å²) in [5.74, 6) is -3.87. The molecule has 1 atom stereocenters. The number of benzene rings is 2. The van der Waals surface area contributed by atoms with Crippen molar-refractivity contribution >= 4 is 26.5 Å². The molecule has 1 N–H and O–H groups in total. The third-order valence-electron chi connectivity index (χ3n) is 4.16. The van der Waals surface area contributed by atoms with Crippen LogP contribution in [0, 0.1) is 17.5 Å². The molecule has 152 valence electrons. The first-order chi connectivity index (χ1) is 13.8. The van der Waals surface area contributed by atoms with Crippen LogP contribution in [0.15, 0.2) is 46.8 Å². The quantitative estimate of drug-likeness (QED) is 0.639. The second-order valence-electron chi connectivity index (χ2n) is 6.08. The lowest BCUT2D eigenvalue weighted by Gasteiger charge is -2.27. The third-order valence-corrected chi connectivity index (χ3v) is 6.31. The number of anilines is 1. The smallest absolute Gasteiger partial charge is 0.263 e. The van der Waals surface area contributed by atoms with Gasteiger partial charge in [0.05, 0.1) is 11.5 Å². The molecule has 3 aromatic rings. The molecular formula is C18H13F3N2O4S2. The standard InChI is InChI=1S/C18H13F3N2O4S2/c19-10-7-13(20)17(14(21)8-10)27-15-3-5-26-16-9-11(1-2-12(15)16)29(24,25)23-18-22-4-6-28-18/h1-2,4,6-9,15H,3,5H2,(H,22,23)/t15-/m1/s1. The van der Waals surface area contributed by atoms with Gasteiger partial charge in [-0.05, 0) is 6.07 Å². The first-order valence-corrected chi connectivity index (χ1v) is 10.7. The maximum atomic E-state index is 13.9. The van der Waals surface area contributed by atoms with E-state index in [4.69, 9.17) is 9.47 Å². The van der Waals surface area contributed by atoms with Crippen molar-refractivity contribution in [2.45, 2.75) is 17.4 Å². The van der Waals surface area contributed by atoms with Gasteiger partial charge in [0, 0.05) is 41.8 Å². The van der Waals surface area contributed by atoms with Gasteiger partial charge in [-0.15, -0.1) is 11.3 Å². The van der Waals surface area contributed by atoms with Gasteiger partial charge in [0.1, 0.15) is 17.7 Å². The largest absolute Gasteiger partial charge is 0.493 e. The van der Waals surface area contributed by atoms with Gasteiger partial charge < -0.3 is 9.47 Å². The fourth-order valence-electron chi connectivity index (χ4n) is 2.86. The molecule has 4 rings (SSSR count). The van der Waals surface area contributed by atoms with E-state index in [1.54, 1.807) is 5.38 Å². The Morgan fingerprint density at radius 1 is 1.17 bits per heavy atom. The van der Waals surface area contributed by atoms with Crippen LogP contribution in [0.3, 0.4) is 0 Å². The SMILES string of the molecule is O=S(=O)(Nc1nccs1)c1ccc2c(c1)OCC[C@H]2Oc1c(F)cc(F)cc1F. The number of hydrogen-bond acceptors (Lipinski definition) is 6. The van der Waals surface area contributed by atoms with Crippen LogP contribution in [0.4, 0.5) is 18.3 Å². The normalized spacial score (nSPS) is 16.0.